The average Bonchev–Trinajstić information content (AvgIpc) is 2.66. The Labute approximate surface area is 139 Å². The van der Waals surface area contributed by atoms with Gasteiger partial charge in [-0.3, -0.25) is 0 Å². The van der Waals surface area contributed by atoms with Crippen LogP contribution in [-0.4, -0.2) is 23.4 Å². The van der Waals surface area contributed by atoms with Crippen LogP contribution in [-0.2, 0) is 0 Å². The van der Waals surface area contributed by atoms with Crippen molar-refractivity contribution in [3.8, 4) is 0 Å². The SMILES string of the molecule is [N-]=[N+]=N[C@@H](CO)c1ccccc1.[N-]=[N+]=N[C@H](CO)c1ccccc1. The van der Waals surface area contributed by atoms with Crippen molar-refractivity contribution in [2.24, 2.45) is 10.2 Å². The van der Waals surface area contributed by atoms with Crippen molar-refractivity contribution >= 4 is 0 Å². The molecule has 2 rings (SSSR count). The number of azide groups is 2. The van der Waals surface area contributed by atoms with Gasteiger partial charge in [-0.15, -0.1) is 0 Å². The van der Waals surface area contributed by atoms with Crippen molar-refractivity contribution in [2.75, 3.05) is 13.2 Å². The predicted octanol–water partition coefficient (Wildman–Crippen LogP) is 4.06. The molecule has 0 aliphatic carbocycles. The fraction of sp³-hybridized carbons (Fsp3) is 0.250. The quantitative estimate of drug-likeness (QED) is 0.469. The molecule has 0 fully saturated rings. The molecule has 2 aromatic rings. The number of nitrogens with zero attached hydrogens (tertiary/aromatic N) is 6. The predicted molar refractivity (Wildman–Crippen MR) is 90.8 cm³/mol. The van der Waals surface area contributed by atoms with Crippen LogP contribution < -0.4 is 0 Å². The lowest BCUT2D eigenvalue weighted by atomic mass is 10.1. The number of aliphatic hydroxyl groups is 2. The lowest BCUT2D eigenvalue weighted by Crippen LogP contribution is -1.98. The highest BCUT2D eigenvalue weighted by Crippen LogP contribution is 2.16. The van der Waals surface area contributed by atoms with Gasteiger partial charge in [0.2, 0.25) is 0 Å². The van der Waals surface area contributed by atoms with Crippen LogP contribution in [0.15, 0.2) is 70.9 Å². The molecule has 8 heteroatoms. The average molecular weight is 326 g/mol. The molecule has 0 spiro atoms. The van der Waals surface area contributed by atoms with E-state index in [1.165, 1.54) is 0 Å². The Balaban J connectivity index is 0.000000240. The second-order valence-corrected chi connectivity index (χ2v) is 4.63. The van der Waals surface area contributed by atoms with E-state index in [1.807, 2.05) is 60.7 Å². The Kier molecular flexibility index (Phi) is 9.14. The Bertz CT molecular complexity index is 621. The van der Waals surface area contributed by atoms with Crippen LogP contribution in [0.2, 0.25) is 0 Å². The second-order valence-electron chi connectivity index (χ2n) is 4.63. The number of aliphatic hydroxyl groups excluding tert-OH is 2. The third kappa shape index (κ3) is 6.39. The van der Waals surface area contributed by atoms with Gasteiger partial charge in [0.1, 0.15) is 0 Å². The van der Waals surface area contributed by atoms with E-state index in [4.69, 9.17) is 21.3 Å². The Morgan fingerprint density at radius 2 is 1.04 bits per heavy atom. The molecule has 2 atom stereocenters. The summed E-state index contributed by atoms with van der Waals surface area (Å²) in [5, 5.41) is 24.6. The Hall–Kier alpha value is -3.02. The summed E-state index contributed by atoms with van der Waals surface area (Å²) in [4.78, 5) is 5.30. The van der Waals surface area contributed by atoms with Crippen LogP contribution >= 0.6 is 0 Å². The highest BCUT2D eigenvalue weighted by molar-refractivity contribution is 5.19. The minimum atomic E-state index is -0.462. The maximum atomic E-state index is 8.85. The molecular weight excluding hydrogens is 308 g/mol. The van der Waals surface area contributed by atoms with E-state index in [-0.39, 0.29) is 13.2 Å². The first kappa shape index (κ1) is 19.0. The van der Waals surface area contributed by atoms with Gasteiger partial charge in [0, 0.05) is 9.82 Å². The van der Waals surface area contributed by atoms with E-state index in [1.54, 1.807) is 0 Å². The van der Waals surface area contributed by atoms with Gasteiger partial charge in [-0.1, -0.05) is 70.9 Å². The molecule has 24 heavy (non-hydrogen) atoms. The molecule has 0 amide bonds. The molecule has 0 aliphatic heterocycles. The molecule has 0 saturated carbocycles. The van der Waals surface area contributed by atoms with Crippen molar-refractivity contribution in [3.05, 3.63) is 92.7 Å². The van der Waals surface area contributed by atoms with Gasteiger partial charge in [0.25, 0.3) is 0 Å². The van der Waals surface area contributed by atoms with Crippen LogP contribution in [0.3, 0.4) is 0 Å². The first-order valence-corrected chi connectivity index (χ1v) is 7.16. The van der Waals surface area contributed by atoms with Crippen molar-refractivity contribution in [3.63, 3.8) is 0 Å². The maximum Gasteiger partial charge on any atom is 0.0856 e. The minimum Gasteiger partial charge on any atom is -0.396 e. The van der Waals surface area contributed by atoms with Crippen molar-refractivity contribution in [1.82, 2.24) is 0 Å². The number of rotatable bonds is 6. The Morgan fingerprint density at radius 1 is 0.708 bits per heavy atom. The van der Waals surface area contributed by atoms with Gasteiger partial charge in [0.05, 0.1) is 25.3 Å². The highest BCUT2D eigenvalue weighted by atomic mass is 16.3. The molecule has 0 bridgehead atoms. The van der Waals surface area contributed by atoms with Crippen molar-refractivity contribution in [1.29, 1.82) is 0 Å². The van der Waals surface area contributed by atoms with Gasteiger partial charge in [-0.25, -0.2) is 0 Å². The minimum absolute atomic E-state index is 0.159. The van der Waals surface area contributed by atoms with Gasteiger partial charge >= 0.3 is 0 Å². The van der Waals surface area contributed by atoms with Crippen LogP contribution in [0.4, 0.5) is 0 Å². The van der Waals surface area contributed by atoms with E-state index in [0.717, 1.165) is 11.1 Å². The normalized spacial score (nSPS) is 11.8. The molecule has 2 N–H and O–H groups in total. The zero-order valence-corrected chi connectivity index (χ0v) is 12.9. The number of benzene rings is 2. The van der Waals surface area contributed by atoms with E-state index in [2.05, 4.69) is 20.1 Å². The largest absolute Gasteiger partial charge is 0.396 e. The van der Waals surface area contributed by atoms with E-state index < -0.39 is 12.1 Å². The topological polar surface area (TPSA) is 138 Å². The maximum absolute atomic E-state index is 8.85. The number of hydrogen-bond donors (Lipinski definition) is 2. The molecule has 0 radical (unpaired) electrons. The van der Waals surface area contributed by atoms with Crippen LogP contribution in [0.1, 0.15) is 23.2 Å². The first-order valence-electron chi connectivity index (χ1n) is 7.16. The summed E-state index contributed by atoms with van der Waals surface area (Å²) in [6, 6.07) is 17.4. The zero-order chi connectivity index (χ0) is 17.6. The van der Waals surface area contributed by atoms with Crippen LogP contribution in [0.25, 0.3) is 20.9 Å². The molecule has 2 aromatic carbocycles. The molecule has 124 valence electrons. The van der Waals surface area contributed by atoms with Gasteiger partial charge < -0.3 is 10.2 Å². The van der Waals surface area contributed by atoms with E-state index in [9.17, 15) is 0 Å². The smallest absolute Gasteiger partial charge is 0.0856 e. The molecule has 8 nitrogen and oxygen atoms in total. The Morgan fingerprint density at radius 3 is 1.29 bits per heavy atom. The number of hydrogen-bond acceptors (Lipinski definition) is 4. The van der Waals surface area contributed by atoms with Gasteiger partial charge in [-0.05, 0) is 22.2 Å². The molecule has 0 unspecified atom stereocenters. The fourth-order valence-electron chi connectivity index (χ4n) is 1.89. The van der Waals surface area contributed by atoms with Crippen molar-refractivity contribution in [2.45, 2.75) is 12.1 Å². The summed E-state index contributed by atoms with van der Waals surface area (Å²) in [5.41, 5.74) is 18.0. The summed E-state index contributed by atoms with van der Waals surface area (Å²) in [6.45, 7) is -0.317. The summed E-state index contributed by atoms with van der Waals surface area (Å²) < 4.78 is 0. The molecule has 0 saturated heterocycles. The second kappa shape index (κ2) is 11.5. The highest BCUT2D eigenvalue weighted by Gasteiger charge is 2.06. The van der Waals surface area contributed by atoms with E-state index >= 15 is 0 Å². The zero-order valence-electron chi connectivity index (χ0n) is 12.9. The third-order valence-corrected chi connectivity index (χ3v) is 3.10. The third-order valence-electron chi connectivity index (χ3n) is 3.10. The summed E-state index contributed by atoms with van der Waals surface area (Å²) in [6.07, 6.45) is 0. The lowest BCUT2D eigenvalue weighted by Gasteiger charge is -2.05. The molecule has 0 aliphatic rings. The monoisotopic (exact) mass is 326 g/mol. The van der Waals surface area contributed by atoms with Crippen LogP contribution in [0, 0.1) is 0 Å². The summed E-state index contributed by atoms with van der Waals surface area (Å²) >= 11 is 0. The van der Waals surface area contributed by atoms with E-state index in [0.29, 0.717) is 0 Å². The molecule has 0 heterocycles. The van der Waals surface area contributed by atoms with Crippen LogP contribution in [0.5, 0.6) is 0 Å². The lowest BCUT2D eigenvalue weighted by molar-refractivity contribution is 0.267. The van der Waals surface area contributed by atoms with Gasteiger partial charge in [0.15, 0.2) is 0 Å². The molecular formula is C16H18N6O2. The fourth-order valence-corrected chi connectivity index (χ4v) is 1.89. The summed E-state index contributed by atoms with van der Waals surface area (Å²) in [7, 11) is 0. The van der Waals surface area contributed by atoms with Gasteiger partial charge in [-0.2, -0.15) is 0 Å². The standard InChI is InChI=1S/2C8H9N3O/c2*9-11-10-8(6-12)7-4-2-1-3-5-7/h2*1-5,8,12H,6H2/t2*8-/m10/s1. The first-order chi connectivity index (χ1) is 11.8. The summed E-state index contributed by atoms with van der Waals surface area (Å²) in [5.74, 6) is 0. The molecule has 0 aromatic heterocycles. The van der Waals surface area contributed by atoms with Crippen molar-refractivity contribution < 1.29 is 10.2 Å².